The summed E-state index contributed by atoms with van der Waals surface area (Å²) in [6.45, 7) is -4.01. The molecule has 35 heavy (non-hydrogen) atoms. The zero-order valence-electron chi connectivity index (χ0n) is 18.3. The number of ketones is 1. The number of aliphatic hydroxyl groups is 13. The van der Waals surface area contributed by atoms with E-state index in [4.69, 9.17) is 50.0 Å². The maximum atomic E-state index is 10.5. The summed E-state index contributed by atoms with van der Waals surface area (Å²) in [5, 5.41) is 120. The minimum atomic E-state index is -2.22. The van der Waals surface area contributed by atoms with Crippen LogP contribution in [0.2, 0.25) is 0 Å². The van der Waals surface area contributed by atoms with Gasteiger partial charge in [-0.05, 0) is 0 Å². The Labute approximate surface area is 198 Å². The largest absolute Gasteiger partial charge is 0.394 e. The van der Waals surface area contributed by atoms with E-state index in [1.807, 2.05) is 0 Å². The molecule has 0 spiro atoms. The minimum absolute atomic E-state index is 0.669. The summed E-state index contributed by atoms with van der Waals surface area (Å²) in [7, 11) is 0. The van der Waals surface area contributed by atoms with Gasteiger partial charge in [0.2, 0.25) is 5.79 Å². The van der Waals surface area contributed by atoms with Crippen LogP contribution in [0.4, 0.5) is 0 Å². The Balaban J connectivity index is 0.000000434. The highest BCUT2D eigenvalue weighted by Gasteiger charge is 2.58. The van der Waals surface area contributed by atoms with Crippen LogP contribution < -0.4 is 0 Å². The van der Waals surface area contributed by atoms with Gasteiger partial charge in [-0.15, -0.1) is 0 Å². The second kappa shape index (κ2) is 14.1. The molecule has 2 heterocycles. The molecule has 2 aliphatic heterocycles. The molecular weight excluding hydrogens is 488 g/mol. The monoisotopic (exact) mass is 522 g/mol. The Bertz CT molecular complexity index is 636. The minimum Gasteiger partial charge on any atom is -0.394 e. The quantitative estimate of drug-likeness (QED) is 0.127. The van der Waals surface area contributed by atoms with Crippen molar-refractivity contribution >= 4 is 5.78 Å². The zero-order valence-corrected chi connectivity index (χ0v) is 18.3. The van der Waals surface area contributed by atoms with Gasteiger partial charge in [0, 0.05) is 0 Å². The van der Waals surface area contributed by atoms with Gasteiger partial charge >= 0.3 is 0 Å². The Kier molecular flexibility index (Phi) is 12.9. The summed E-state index contributed by atoms with van der Waals surface area (Å²) in [4.78, 5) is 10.5. The van der Waals surface area contributed by atoms with Crippen molar-refractivity contribution in [2.45, 2.75) is 73.1 Å². The first-order valence-electron chi connectivity index (χ1n) is 10.4. The predicted octanol–water partition coefficient (Wildman–Crippen LogP) is -8.77. The third kappa shape index (κ3) is 7.29. The highest BCUT2D eigenvalue weighted by atomic mass is 16.8. The number of carbonyl (C=O) groups excluding carboxylic acids is 1. The van der Waals surface area contributed by atoms with Gasteiger partial charge in [-0.1, -0.05) is 0 Å². The van der Waals surface area contributed by atoms with E-state index >= 15 is 0 Å². The first-order valence-corrected chi connectivity index (χ1v) is 10.4. The summed E-state index contributed by atoms with van der Waals surface area (Å²) in [6, 6.07) is 0. The van der Waals surface area contributed by atoms with Crippen molar-refractivity contribution in [2.24, 2.45) is 0 Å². The Morgan fingerprint density at radius 3 is 1.83 bits per heavy atom. The van der Waals surface area contributed by atoms with Crippen LogP contribution >= 0.6 is 0 Å². The molecule has 13 N–H and O–H groups in total. The third-order valence-corrected chi connectivity index (χ3v) is 5.46. The van der Waals surface area contributed by atoms with Crippen molar-refractivity contribution in [3.05, 3.63) is 0 Å². The molecule has 0 aromatic carbocycles. The summed E-state index contributed by atoms with van der Waals surface area (Å²) < 4.78 is 15.4. The SMILES string of the molecule is O=C(CO)[C@@H](O)[C@@H](O)[C@H](O)CO.OC[C@H]1OC(CO)(O[C@H]2O[C@H](CO)[C@@H](O)[C@H](O)[C@H]2O)[C@@H](O)[C@@H]1O. The van der Waals surface area contributed by atoms with Gasteiger partial charge < -0.3 is 80.6 Å². The average molecular weight is 522 g/mol. The number of rotatable bonds is 10. The summed E-state index contributed by atoms with van der Waals surface area (Å²) >= 11 is 0. The molecule has 2 rings (SSSR count). The summed E-state index contributed by atoms with van der Waals surface area (Å²) in [5.74, 6) is -3.23. The lowest BCUT2D eigenvalue weighted by molar-refractivity contribution is -0.383. The predicted molar refractivity (Wildman–Crippen MR) is 106 cm³/mol. The first kappa shape index (κ1) is 32.1. The molecular formula is C18H34O17. The van der Waals surface area contributed by atoms with Crippen LogP contribution in [0.5, 0.6) is 0 Å². The van der Waals surface area contributed by atoms with E-state index in [0.717, 1.165) is 0 Å². The standard InChI is InChI=1S/C12H22O11.C6H12O6/c13-1-4-6(16)8(18)9(19)11(21-4)23-12(3-15)10(20)7(17)5(2-14)22-12;7-1-3(9)5(11)6(12)4(10)2-8/h4-11,13-20H,1-3H2;3,5-9,11-12H,1-2H2/t4-,5-,6-,7-,8+,9-,10+,11-,12?;3-,5+,6-/m11/s1. The molecule has 208 valence electrons. The second-order valence-corrected chi connectivity index (χ2v) is 7.87. The lowest BCUT2D eigenvalue weighted by Crippen LogP contribution is -2.62. The fourth-order valence-electron chi connectivity index (χ4n) is 3.23. The van der Waals surface area contributed by atoms with Crippen molar-refractivity contribution in [3.8, 4) is 0 Å². The highest BCUT2D eigenvalue weighted by Crippen LogP contribution is 2.35. The van der Waals surface area contributed by atoms with Crippen molar-refractivity contribution < 1.29 is 85.4 Å². The molecule has 0 aromatic rings. The second-order valence-electron chi connectivity index (χ2n) is 7.87. The number of Topliss-reactive ketones (excluding diaryl/α,β-unsaturated/α-hetero) is 1. The lowest BCUT2D eigenvalue weighted by atomic mass is 9.99. The molecule has 0 amide bonds. The van der Waals surface area contributed by atoms with Crippen LogP contribution in [0.25, 0.3) is 0 Å². The van der Waals surface area contributed by atoms with Crippen LogP contribution in [-0.4, -0.2) is 178 Å². The normalized spacial score (nSPS) is 39.9. The molecule has 1 unspecified atom stereocenters. The van der Waals surface area contributed by atoms with E-state index in [2.05, 4.69) is 0 Å². The number of aliphatic hydroxyl groups excluding tert-OH is 13. The molecule has 0 radical (unpaired) electrons. The smallest absolute Gasteiger partial charge is 0.224 e. The molecule has 0 saturated carbocycles. The highest BCUT2D eigenvalue weighted by molar-refractivity contribution is 5.84. The van der Waals surface area contributed by atoms with E-state index < -0.39 is 112 Å². The van der Waals surface area contributed by atoms with Crippen molar-refractivity contribution in [2.75, 3.05) is 33.0 Å². The van der Waals surface area contributed by atoms with Crippen LogP contribution in [0, 0.1) is 0 Å². The Morgan fingerprint density at radius 2 is 1.40 bits per heavy atom. The van der Waals surface area contributed by atoms with Gasteiger partial charge in [0.25, 0.3) is 0 Å². The number of carbonyl (C=O) groups is 1. The average Bonchev–Trinajstić information content (AvgIpc) is 3.12. The molecule has 2 fully saturated rings. The maximum absolute atomic E-state index is 10.5. The molecule has 2 aliphatic rings. The van der Waals surface area contributed by atoms with Crippen LogP contribution in [0.15, 0.2) is 0 Å². The van der Waals surface area contributed by atoms with Crippen LogP contribution in [-0.2, 0) is 19.0 Å². The molecule has 0 aromatic heterocycles. The third-order valence-electron chi connectivity index (χ3n) is 5.46. The molecule has 17 nitrogen and oxygen atoms in total. The zero-order chi connectivity index (χ0) is 27.1. The summed E-state index contributed by atoms with van der Waals surface area (Å²) in [5.41, 5.74) is 0. The summed E-state index contributed by atoms with van der Waals surface area (Å²) in [6.07, 6.45) is -17.9. The van der Waals surface area contributed by atoms with Crippen molar-refractivity contribution in [1.29, 1.82) is 0 Å². The topological polar surface area (TPSA) is 308 Å². The fourth-order valence-corrected chi connectivity index (χ4v) is 3.23. The Hall–Kier alpha value is -0.970. The number of hydrogen-bond donors (Lipinski definition) is 13. The van der Waals surface area contributed by atoms with Crippen LogP contribution in [0.1, 0.15) is 0 Å². The molecule has 12 atom stereocenters. The maximum Gasteiger partial charge on any atom is 0.224 e. The van der Waals surface area contributed by atoms with Gasteiger partial charge in [-0.2, -0.15) is 0 Å². The van der Waals surface area contributed by atoms with Gasteiger partial charge in [-0.25, -0.2) is 0 Å². The van der Waals surface area contributed by atoms with E-state index in [0.29, 0.717) is 0 Å². The van der Waals surface area contributed by atoms with Gasteiger partial charge in [0.1, 0.15) is 74.3 Å². The van der Waals surface area contributed by atoms with Crippen molar-refractivity contribution in [3.63, 3.8) is 0 Å². The van der Waals surface area contributed by atoms with Crippen molar-refractivity contribution in [1.82, 2.24) is 0 Å². The van der Waals surface area contributed by atoms with Crippen LogP contribution in [0.3, 0.4) is 0 Å². The molecule has 2 saturated heterocycles. The lowest BCUT2D eigenvalue weighted by Gasteiger charge is -2.43. The van der Waals surface area contributed by atoms with E-state index in [-0.39, 0.29) is 0 Å². The van der Waals surface area contributed by atoms with E-state index in [9.17, 15) is 35.4 Å². The van der Waals surface area contributed by atoms with Gasteiger partial charge in [-0.3, -0.25) is 4.79 Å². The van der Waals surface area contributed by atoms with Gasteiger partial charge in [0.05, 0.1) is 19.8 Å². The number of ether oxygens (including phenoxy) is 3. The van der Waals surface area contributed by atoms with Gasteiger partial charge in [0.15, 0.2) is 12.1 Å². The Morgan fingerprint density at radius 1 is 0.829 bits per heavy atom. The van der Waals surface area contributed by atoms with E-state index in [1.54, 1.807) is 0 Å². The molecule has 0 bridgehead atoms. The van der Waals surface area contributed by atoms with E-state index in [1.165, 1.54) is 0 Å². The number of hydrogen-bond acceptors (Lipinski definition) is 17. The first-order chi connectivity index (χ1) is 16.3. The fraction of sp³-hybridized carbons (Fsp3) is 0.944. The molecule has 0 aliphatic carbocycles. The molecule has 17 heteroatoms.